The molecule has 0 aliphatic rings. The van der Waals surface area contributed by atoms with Crippen LogP contribution in [-0.2, 0) is 6.42 Å². The van der Waals surface area contributed by atoms with Crippen LogP contribution in [0.15, 0.2) is 42.5 Å². The van der Waals surface area contributed by atoms with E-state index in [0.717, 1.165) is 19.5 Å². The van der Waals surface area contributed by atoms with Crippen LogP contribution in [0, 0.1) is 11.3 Å². The van der Waals surface area contributed by atoms with Crippen LogP contribution in [-0.4, -0.2) is 13.1 Å². The van der Waals surface area contributed by atoms with Gasteiger partial charge in [0.1, 0.15) is 0 Å². The minimum atomic E-state index is 0.291. The van der Waals surface area contributed by atoms with Gasteiger partial charge >= 0.3 is 0 Å². The van der Waals surface area contributed by atoms with Gasteiger partial charge in [0, 0.05) is 6.54 Å². The molecular weight excluding hydrogens is 254 g/mol. The fourth-order valence-electron chi connectivity index (χ4n) is 2.90. The number of hydrogen-bond donors (Lipinski definition) is 1. The molecule has 0 saturated heterocycles. The molecule has 2 rings (SSSR count). The van der Waals surface area contributed by atoms with E-state index in [1.54, 1.807) is 0 Å². The second-order valence-corrected chi connectivity index (χ2v) is 6.80. The van der Waals surface area contributed by atoms with Crippen LogP contribution in [0.5, 0.6) is 0 Å². The van der Waals surface area contributed by atoms with Gasteiger partial charge in [0.15, 0.2) is 0 Å². The summed E-state index contributed by atoms with van der Waals surface area (Å²) in [4.78, 5) is 0. The van der Waals surface area contributed by atoms with Crippen molar-refractivity contribution in [1.82, 2.24) is 5.32 Å². The molecule has 1 nitrogen and oxygen atoms in total. The Morgan fingerprint density at radius 3 is 2.48 bits per heavy atom. The van der Waals surface area contributed by atoms with Gasteiger partial charge in [0.25, 0.3) is 0 Å². The van der Waals surface area contributed by atoms with Gasteiger partial charge in [-0.1, -0.05) is 70.2 Å². The molecule has 21 heavy (non-hydrogen) atoms. The molecule has 0 amide bonds. The average molecular weight is 283 g/mol. The molecule has 0 radical (unpaired) electrons. The molecule has 1 atom stereocenters. The Kier molecular flexibility index (Phi) is 5.41. The van der Waals surface area contributed by atoms with E-state index >= 15 is 0 Å². The van der Waals surface area contributed by atoms with Gasteiger partial charge in [-0.05, 0) is 47.1 Å². The van der Waals surface area contributed by atoms with Gasteiger partial charge in [0.05, 0.1) is 0 Å². The highest BCUT2D eigenvalue weighted by molar-refractivity contribution is 5.85. The predicted octanol–water partition coefficient (Wildman–Crippen LogP) is 5.04. The molecule has 1 heteroatoms. The zero-order valence-electron chi connectivity index (χ0n) is 13.9. The molecule has 0 aliphatic heterocycles. The Bertz CT molecular complexity index is 568. The monoisotopic (exact) mass is 283 g/mol. The topological polar surface area (TPSA) is 12.0 Å². The van der Waals surface area contributed by atoms with E-state index in [1.165, 1.54) is 22.8 Å². The number of hydrogen-bond acceptors (Lipinski definition) is 1. The lowest BCUT2D eigenvalue weighted by Crippen LogP contribution is -2.38. The van der Waals surface area contributed by atoms with Crippen molar-refractivity contribution in [2.24, 2.45) is 11.3 Å². The molecule has 2 aromatic rings. The Balaban J connectivity index is 2.26. The minimum absolute atomic E-state index is 0.291. The second kappa shape index (κ2) is 7.09. The fraction of sp³-hybridized carbons (Fsp3) is 0.500. The first kappa shape index (κ1) is 16.0. The molecule has 0 saturated carbocycles. The van der Waals surface area contributed by atoms with Gasteiger partial charge in [0.2, 0.25) is 0 Å². The third-order valence-corrected chi connectivity index (χ3v) is 4.82. The van der Waals surface area contributed by atoms with Crippen molar-refractivity contribution in [2.75, 3.05) is 13.1 Å². The molecule has 0 spiro atoms. The summed E-state index contributed by atoms with van der Waals surface area (Å²) in [6.07, 6.45) is 2.32. The van der Waals surface area contributed by atoms with Crippen LogP contribution < -0.4 is 5.32 Å². The molecular formula is C20H29N. The maximum absolute atomic E-state index is 3.63. The first-order valence-electron chi connectivity index (χ1n) is 8.24. The molecule has 1 N–H and O–H groups in total. The zero-order chi connectivity index (χ0) is 15.3. The van der Waals surface area contributed by atoms with E-state index in [4.69, 9.17) is 0 Å². The first-order valence-corrected chi connectivity index (χ1v) is 8.24. The Labute approximate surface area is 129 Å². The SMILES string of the molecule is CCCNCC(C)(Cc1cccc2ccccc12)C(C)C. The van der Waals surface area contributed by atoms with Crippen molar-refractivity contribution >= 4 is 10.8 Å². The van der Waals surface area contributed by atoms with Gasteiger partial charge in [-0.25, -0.2) is 0 Å². The van der Waals surface area contributed by atoms with Crippen LogP contribution in [0.4, 0.5) is 0 Å². The third-order valence-electron chi connectivity index (χ3n) is 4.82. The number of benzene rings is 2. The smallest absolute Gasteiger partial charge is 0.00108 e. The lowest BCUT2D eigenvalue weighted by atomic mass is 9.73. The lowest BCUT2D eigenvalue weighted by Gasteiger charge is -2.35. The van der Waals surface area contributed by atoms with Crippen molar-refractivity contribution in [3.63, 3.8) is 0 Å². The van der Waals surface area contributed by atoms with E-state index in [-0.39, 0.29) is 0 Å². The normalized spacial score (nSPS) is 14.5. The van der Waals surface area contributed by atoms with Crippen molar-refractivity contribution in [3.05, 3.63) is 48.0 Å². The van der Waals surface area contributed by atoms with Gasteiger partial charge in [-0.3, -0.25) is 0 Å². The molecule has 0 heterocycles. The quantitative estimate of drug-likeness (QED) is 0.702. The highest BCUT2D eigenvalue weighted by Crippen LogP contribution is 2.33. The molecule has 0 bridgehead atoms. The summed E-state index contributed by atoms with van der Waals surface area (Å²) < 4.78 is 0. The van der Waals surface area contributed by atoms with Gasteiger partial charge in [-0.15, -0.1) is 0 Å². The molecule has 0 aromatic heterocycles. The summed E-state index contributed by atoms with van der Waals surface area (Å²) in [5.41, 5.74) is 1.77. The Morgan fingerprint density at radius 1 is 1.05 bits per heavy atom. The maximum Gasteiger partial charge on any atom is 0.00108 e. The van der Waals surface area contributed by atoms with Crippen LogP contribution in [0.3, 0.4) is 0 Å². The number of rotatable bonds is 7. The fourth-order valence-corrected chi connectivity index (χ4v) is 2.90. The first-order chi connectivity index (χ1) is 10.1. The second-order valence-electron chi connectivity index (χ2n) is 6.80. The predicted molar refractivity (Wildman–Crippen MR) is 93.8 cm³/mol. The summed E-state index contributed by atoms with van der Waals surface area (Å²) in [6, 6.07) is 15.4. The largest absolute Gasteiger partial charge is 0.316 e. The van der Waals surface area contributed by atoms with E-state index in [1.807, 2.05) is 0 Å². The molecule has 0 fully saturated rings. The molecule has 2 aromatic carbocycles. The highest BCUT2D eigenvalue weighted by Gasteiger charge is 2.28. The summed E-state index contributed by atoms with van der Waals surface area (Å²) in [5, 5.41) is 6.38. The average Bonchev–Trinajstić information content (AvgIpc) is 2.48. The van der Waals surface area contributed by atoms with E-state index in [9.17, 15) is 0 Å². The van der Waals surface area contributed by atoms with Gasteiger partial charge in [-0.2, -0.15) is 0 Å². The van der Waals surface area contributed by atoms with Crippen molar-refractivity contribution in [2.45, 2.75) is 40.5 Å². The summed E-state index contributed by atoms with van der Waals surface area (Å²) in [6.45, 7) is 11.5. The van der Waals surface area contributed by atoms with E-state index in [0.29, 0.717) is 11.3 Å². The Morgan fingerprint density at radius 2 is 1.76 bits per heavy atom. The number of fused-ring (bicyclic) bond motifs is 1. The van der Waals surface area contributed by atoms with Crippen LogP contribution >= 0.6 is 0 Å². The van der Waals surface area contributed by atoms with Crippen molar-refractivity contribution in [3.8, 4) is 0 Å². The molecule has 1 unspecified atom stereocenters. The minimum Gasteiger partial charge on any atom is -0.316 e. The molecule has 114 valence electrons. The van der Waals surface area contributed by atoms with Gasteiger partial charge < -0.3 is 5.32 Å². The summed E-state index contributed by atoms with van der Waals surface area (Å²) in [5.74, 6) is 0.654. The van der Waals surface area contributed by atoms with Crippen LogP contribution in [0.1, 0.15) is 39.7 Å². The lowest BCUT2D eigenvalue weighted by molar-refractivity contribution is 0.208. The van der Waals surface area contributed by atoms with E-state index < -0.39 is 0 Å². The summed E-state index contributed by atoms with van der Waals surface area (Å²) in [7, 11) is 0. The highest BCUT2D eigenvalue weighted by atomic mass is 14.9. The number of nitrogens with one attached hydrogen (secondary N) is 1. The maximum atomic E-state index is 3.63. The van der Waals surface area contributed by atoms with Crippen LogP contribution in [0.25, 0.3) is 10.8 Å². The standard InChI is InChI=1S/C20H29N/c1-5-13-21-15-20(4,16(2)3)14-18-11-8-10-17-9-6-7-12-19(17)18/h6-12,16,21H,5,13-15H2,1-4H3. The van der Waals surface area contributed by atoms with Crippen molar-refractivity contribution < 1.29 is 0 Å². The summed E-state index contributed by atoms with van der Waals surface area (Å²) >= 11 is 0. The zero-order valence-corrected chi connectivity index (χ0v) is 13.9. The molecule has 0 aliphatic carbocycles. The van der Waals surface area contributed by atoms with E-state index in [2.05, 4.69) is 75.5 Å². The Hall–Kier alpha value is -1.34. The third kappa shape index (κ3) is 3.85. The van der Waals surface area contributed by atoms with Crippen molar-refractivity contribution in [1.29, 1.82) is 0 Å². The van der Waals surface area contributed by atoms with Crippen LogP contribution in [0.2, 0.25) is 0 Å².